The lowest BCUT2D eigenvalue weighted by atomic mass is 10.6. The molecule has 1 atom stereocenters. The van der Waals surface area contributed by atoms with Gasteiger partial charge >= 0.3 is 7.80 Å². The summed E-state index contributed by atoms with van der Waals surface area (Å²) in [6.45, 7) is 6.15. The molecule has 3 nitrogen and oxygen atoms in total. The molecule has 0 aromatic rings. The summed E-state index contributed by atoms with van der Waals surface area (Å²) in [5.41, 5.74) is 0. The van der Waals surface area contributed by atoms with Crippen LogP contribution in [-0.2, 0) is 13.8 Å². The Bertz CT molecular complexity index is 165. The van der Waals surface area contributed by atoms with Crippen LogP contribution < -0.4 is 0 Å². The largest absolute Gasteiger partial charge is 0.379 e. The second-order valence-electron chi connectivity index (χ2n) is 3.55. The topological polar surface area (TPSA) is 43.4 Å². The molecule has 12 heavy (non-hydrogen) atoms. The average Bonchev–Trinajstić information content (AvgIpc) is 1.95. The Kier molecular flexibility index (Phi) is 5.54. The minimum Gasteiger partial charge on any atom is -0.379 e. The second kappa shape index (κ2) is 5.57. The lowest BCUT2D eigenvalue weighted by molar-refractivity contribution is -0.107. The van der Waals surface area contributed by atoms with E-state index in [-0.39, 0.29) is 0 Å². The first kappa shape index (κ1) is 11.9. The van der Waals surface area contributed by atoms with Crippen molar-refractivity contribution in [3.05, 3.63) is 0 Å². The molecule has 0 saturated heterocycles. The molecule has 0 saturated carbocycles. The smallest absolute Gasteiger partial charge is 0.366 e. The quantitative estimate of drug-likeness (QED) is 0.381. The second-order valence-corrected chi connectivity index (χ2v) is 9.73. The molecule has 0 aromatic heterocycles. The van der Waals surface area contributed by atoms with Gasteiger partial charge in [0.1, 0.15) is 6.29 Å². The molecule has 0 aromatic carbocycles. The third-order valence-corrected chi connectivity index (χ3v) is 3.57. The zero-order valence-corrected chi connectivity index (χ0v) is 9.77. The predicted octanol–water partition coefficient (Wildman–Crippen LogP) is 2.21. The number of hydrogen-bond acceptors (Lipinski definition) is 3. The standard InChI is InChI=1S/C7H16O3PSi/c1-12(2,3)10-7-11(9)6-4-5-8/h5H,4,6-7H2,1-3H3/q+1. The first-order valence-electron chi connectivity index (χ1n) is 3.95. The summed E-state index contributed by atoms with van der Waals surface area (Å²) in [5.74, 6) is 0. The highest BCUT2D eigenvalue weighted by molar-refractivity contribution is 7.44. The number of carbonyl (C=O) groups is 1. The molecule has 0 radical (unpaired) electrons. The zero-order chi connectivity index (χ0) is 9.61. The van der Waals surface area contributed by atoms with E-state index in [0.717, 1.165) is 6.29 Å². The molecule has 0 aliphatic heterocycles. The van der Waals surface area contributed by atoms with Crippen molar-refractivity contribution in [2.45, 2.75) is 26.1 Å². The van der Waals surface area contributed by atoms with Crippen LogP contribution in [0, 0.1) is 0 Å². The van der Waals surface area contributed by atoms with Crippen LogP contribution >= 0.6 is 7.80 Å². The van der Waals surface area contributed by atoms with Gasteiger partial charge in [0.25, 0.3) is 0 Å². The maximum Gasteiger partial charge on any atom is 0.366 e. The summed E-state index contributed by atoms with van der Waals surface area (Å²) in [4.78, 5) is 9.95. The molecule has 0 amide bonds. The van der Waals surface area contributed by atoms with E-state index in [9.17, 15) is 9.36 Å². The molecule has 0 heterocycles. The Hall–Kier alpha value is -0.0531. The SMILES string of the molecule is C[Si](C)(C)OC[P+](=O)CCC=O. The van der Waals surface area contributed by atoms with E-state index in [1.807, 2.05) is 0 Å². The molecular formula is C7H16O3PSi+. The highest BCUT2D eigenvalue weighted by Gasteiger charge is 2.21. The van der Waals surface area contributed by atoms with Gasteiger partial charge in [-0.3, -0.25) is 0 Å². The fraction of sp³-hybridized carbons (Fsp3) is 0.857. The van der Waals surface area contributed by atoms with E-state index in [4.69, 9.17) is 4.43 Å². The molecule has 0 aliphatic rings. The Balaban J connectivity index is 3.51. The number of hydrogen-bond donors (Lipinski definition) is 0. The molecule has 0 N–H and O–H groups in total. The van der Waals surface area contributed by atoms with Gasteiger partial charge in [-0.25, -0.2) is 0 Å². The van der Waals surface area contributed by atoms with Crippen molar-refractivity contribution >= 4 is 22.4 Å². The molecule has 70 valence electrons. The van der Waals surface area contributed by atoms with Gasteiger partial charge < -0.3 is 9.22 Å². The normalized spacial score (nSPS) is 12.8. The predicted molar refractivity (Wildman–Crippen MR) is 52.5 cm³/mol. The maximum absolute atomic E-state index is 11.1. The molecule has 0 spiro atoms. The van der Waals surface area contributed by atoms with Crippen molar-refractivity contribution in [1.29, 1.82) is 0 Å². The summed E-state index contributed by atoms with van der Waals surface area (Å²) in [7, 11) is -2.85. The summed E-state index contributed by atoms with van der Waals surface area (Å²) in [6.07, 6.45) is 1.95. The van der Waals surface area contributed by atoms with Gasteiger partial charge in [-0.15, -0.1) is 0 Å². The fourth-order valence-corrected chi connectivity index (χ4v) is 3.17. The van der Waals surface area contributed by atoms with Gasteiger partial charge in [-0.1, -0.05) is 4.57 Å². The first-order chi connectivity index (χ1) is 5.45. The van der Waals surface area contributed by atoms with E-state index < -0.39 is 16.1 Å². The van der Waals surface area contributed by atoms with Crippen LogP contribution in [0.5, 0.6) is 0 Å². The molecule has 0 rings (SSSR count). The van der Waals surface area contributed by atoms with Crippen molar-refractivity contribution in [3.8, 4) is 0 Å². The van der Waals surface area contributed by atoms with Gasteiger partial charge in [0.05, 0.1) is 0 Å². The van der Waals surface area contributed by atoms with Gasteiger partial charge in [0, 0.05) is 6.42 Å². The minimum absolute atomic E-state index is 0.318. The highest BCUT2D eigenvalue weighted by Crippen LogP contribution is 2.22. The van der Waals surface area contributed by atoms with E-state index in [1.165, 1.54) is 0 Å². The van der Waals surface area contributed by atoms with E-state index in [2.05, 4.69) is 19.6 Å². The molecule has 5 heteroatoms. The van der Waals surface area contributed by atoms with Crippen molar-refractivity contribution < 1.29 is 13.8 Å². The first-order valence-corrected chi connectivity index (χ1v) is 8.99. The summed E-state index contributed by atoms with van der Waals surface area (Å²) in [6, 6.07) is 0. The Morgan fingerprint density at radius 3 is 2.42 bits per heavy atom. The summed E-state index contributed by atoms with van der Waals surface area (Å²) >= 11 is 0. The molecule has 0 fully saturated rings. The van der Waals surface area contributed by atoms with Crippen molar-refractivity contribution in [1.82, 2.24) is 0 Å². The highest BCUT2D eigenvalue weighted by atomic mass is 31.1. The maximum atomic E-state index is 11.1. The molecule has 0 aliphatic carbocycles. The van der Waals surface area contributed by atoms with Crippen LogP contribution in [0.15, 0.2) is 0 Å². The van der Waals surface area contributed by atoms with Gasteiger partial charge in [-0.2, -0.15) is 0 Å². The number of aldehydes is 1. The van der Waals surface area contributed by atoms with Crippen LogP contribution in [0.3, 0.4) is 0 Å². The van der Waals surface area contributed by atoms with E-state index in [0.29, 0.717) is 18.9 Å². The lowest BCUT2D eigenvalue weighted by Crippen LogP contribution is -2.24. The van der Waals surface area contributed by atoms with Gasteiger partial charge in [0.2, 0.25) is 6.35 Å². The monoisotopic (exact) mass is 207 g/mol. The Morgan fingerprint density at radius 2 is 2.00 bits per heavy atom. The van der Waals surface area contributed by atoms with Gasteiger partial charge in [-0.05, 0) is 19.6 Å². The summed E-state index contributed by atoms with van der Waals surface area (Å²) in [5, 5.41) is 0. The third kappa shape index (κ3) is 8.05. The summed E-state index contributed by atoms with van der Waals surface area (Å²) < 4.78 is 16.6. The molecule has 0 bridgehead atoms. The van der Waals surface area contributed by atoms with Crippen molar-refractivity contribution in [3.63, 3.8) is 0 Å². The van der Waals surface area contributed by atoms with Crippen LogP contribution in [0.25, 0.3) is 0 Å². The van der Waals surface area contributed by atoms with Gasteiger partial charge in [0.15, 0.2) is 14.5 Å². The van der Waals surface area contributed by atoms with Crippen molar-refractivity contribution in [2.24, 2.45) is 0 Å². The Morgan fingerprint density at radius 1 is 1.42 bits per heavy atom. The average molecular weight is 207 g/mol. The number of carbonyl (C=O) groups excluding carboxylic acids is 1. The van der Waals surface area contributed by atoms with Crippen LogP contribution in [0.2, 0.25) is 19.6 Å². The minimum atomic E-state index is -1.53. The van der Waals surface area contributed by atoms with E-state index >= 15 is 0 Å². The fourth-order valence-electron chi connectivity index (χ4n) is 0.527. The van der Waals surface area contributed by atoms with Crippen LogP contribution in [0.4, 0.5) is 0 Å². The van der Waals surface area contributed by atoms with Crippen molar-refractivity contribution in [2.75, 3.05) is 12.5 Å². The molecule has 1 unspecified atom stereocenters. The third-order valence-electron chi connectivity index (χ3n) is 1.14. The molecular weight excluding hydrogens is 191 g/mol. The van der Waals surface area contributed by atoms with E-state index in [1.54, 1.807) is 0 Å². The lowest BCUT2D eigenvalue weighted by Gasteiger charge is -2.12. The zero-order valence-electron chi connectivity index (χ0n) is 7.87. The van der Waals surface area contributed by atoms with Crippen LogP contribution in [-0.4, -0.2) is 27.1 Å². The number of rotatable bonds is 6. The Labute approximate surface area is 75.4 Å². The van der Waals surface area contributed by atoms with Crippen LogP contribution in [0.1, 0.15) is 6.42 Å².